The Morgan fingerprint density at radius 2 is 2.04 bits per heavy atom. The Morgan fingerprint density at radius 3 is 2.78 bits per heavy atom. The zero-order valence-electron chi connectivity index (χ0n) is 15.1. The van der Waals surface area contributed by atoms with E-state index in [1.165, 1.54) is 10.8 Å². The number of amides is 1. The number of carbonyl (C=O) groups is 1. The lowest BCUT2D eigenvalue weighted by Gasteiger charge is -2.15. The summed E-state index contributed by atoms with van der Waals surface area (Å²) in [7, 11) is 0. The molecule has 0 aliphatic rings. The first-order valence-corrected chi connectivity index (χ1v) is 8.67. The number of hydrogen-bond acceptors (Lipinski definition) is 5. The molecule has 0 saturated heterocycles. The molecule has 8 nitrogen and oxygen atoms in total. The Bertz CT molecular complexity index is 1080. The predicted molar refractivity (Wildman–Crippen MR) is 100 cm³/mol. The van der Waals surface area contributed by atoms with Gasteiger partial charge in [-0.05, 0) is 26.0 Å². The van der Waals surface area contributed by atoms with Crippen LogP contribution in [-0.4, -0.2) is 41.3 Å². The molecule has 136 valence electrons. The third kappa shape index (κ3) is 3.55. The van der Waals surface area contributed by atoms with E-state index in [0.29, 0.717) is 23.7 Å². The van der Waals surface area contributed by atoms with Crippen LogP contribution in [0.2, 0.25) is 0 Å². The minimum atomic E-state index is -0.235. The lowest BCUT2D eigenvalue weighted by molar-refractivity contribution is 0.0928. The third-order valence-corrected chi connectivity index (χ3v) is 4.17. The smallest absolute Gasteiger partial charge is 0.270 e. The van der Waals surface area contributed by atoms with Crippen LogP contribution in [0.5, 0.6) is 0 Å². The van der Waals surface area contributed by atoms with Gasteiger partial charge in [-0.1, -0.05) is 30.3 Å². The molecule has 1 N–H and O–H groups in total. The molecule has 27 heavy (non-hydrogen) atoms. The third-order valence-electron chi connectivity index (χ3n) is 4.17. The molecule has 3 heterocycles. The van der Waals surface area contributed by atoms with Crippen LogP contribution >= 0.6 is 0 Å². The van der Waals surface area contributed by atoms with Gasteiger partial charge in [0, 0.05) is 17.8 Å². The Hall–Kier alpha value is -3.55. The average Bonchev–Trinajstić information content (AvgIpc) is 3.30. The van der Waals surface area contributed by atoms with Crippen LogP contribution in [0.1, 0.15) is 23.1 Å². The van der Waals surface area contributed by atoms with Gasteiger partial charge in [0.05, 0.1) is 17.9 Å². The number of aromatic nitrogens is 6. The summed E-state index contributed by atoms with van der Waals surface area (Å²) in [5, 5.41) is 11.5. The van der Waals surface area contributed by atoms with Crippen LogP contribution in [0.15, 0.2) is 55.0 Å². The zero-order chi connectivity index (χ0) is 18.8. The summed E-state index contributed by atoms with van der Waals surface area (Å²) in [6.07, 6.45) is 3.29. The van der Waals surface area contributed by atoms with Gasteiger partial charge in [0.15, 0.2) is 0 Å². The zero-order valence-corrected chi connectivity index (χ0v) is 15.1. The number of aryl methyl sites for hydroxylation is 1. The Labute approximate surface area is 155 Å². The van der Waals surface area contributed by atoms with Crippen molar-refractivity contribution in [3.8, 4) is 11.3 Å². The van der Waals surface area contributed by atoms with E-state index in [1.807, 2.05) is 61.1 Å². The molecule has 0 saturated carbocycles. The summed E-state index contributed by atoms with van der Waals surface area (Å²) in [6, 6.07) is 13.2. The van der Waals surface area contributed by atoms with E-state index in [9.17, 15) is 4.79 Å². The highest BCUT2D eigenvalue weighted by molar-refractivity contribution is 5.94. The fourth-order valence-corrected chi connectivity index (χ4v) is 2.92. The van der Waals surface area contributed by atoms with E-state index in [2.05, 4.69) is 25.5 Å². The second-order valence-electron chi connectivity index (χ2n) is 6.42. The van der Waals surface area contributed by atoms with Gasteiger partial charge in [0.2, 0.25) is 0 Å². The molecule has 4 rings (SSSR count). The summed E-state index contributed by atoms with van der Waals surface area (Å²) >= 11 is 0. The Balaban J connectivity index is 1.61. The van der Waals surface area contributed by atoms with Crippen molar-refractivity contribution >= 4 is 11.7 Å². The topological polar surface area (TPSA) is 90.0 Å². The lowest BCUT2D eigenvalue weighted by atomic mass is 10.1. The van der Waals surface area contributed by atoms with Gasteiger partial charge in [-0.2, -0.15) is 19.7 Å². The van der Waals surface area contributed by atoms with E-state index in [1.54, 1.807) is 6.07 Å². The summed E-state index contributed by atoms with van der Waals surface area (Å²) in [6.45, 7) is 4.45. The van der Waals surface area contributed by atoms with Crippen molar-refractivity contribution in [3.63, 3.8) is 0 Å². The fourth-order valence-electron chi connectivity index (χ4n) is 2.92. The van der Waals surface area contributed by atoms with Crippen molar-refractivity contribution < 1.29 is 4.79 Å². The van der Waals surface area contributed by atoms with Gasteiger partial charge in [-0.3, -0.25) is 9.48 Å². The van der Waals surface area contributed by atoms with E-state index < -0.39 is 0 Å². The molecule has 0 aliphatic heterocycles. The summed E-state index contributed by atoms with van der Waals surface area (Å²) in [5.74, 6) is 0.151. The maximum atomic E-state index is 12.9. The minimum absolute atomic E-state index is 0.108. The Kier molecular flexibility index (Phi) is 4.37. The van der Waals surface area contributed by atoms with Gasteiger partial charge < -0.3 is 5.32 Å². The lowest BCUT2D eigenvalue weighted by Crippen LogP contribution is -2.37. The van der Waals surface area contributed by atoms with Crippen molar-refractivity contribution in [3.05, 3.63) is 66.4 Å². The molecule has 1 amide bonds. The second kappa shape index (κ2) is 6.99. The van der Waals surface area contributed by atoms with Gasteiger partial charge in [0.25, 0.3) is 11.7 Å². The molecule has 4 aromatic rings. The molecule has 0 fully saturated rings. The average molecular weight is 361 g/mol. The maximum absolute atomic E-state index is 12.9. The van der Waals surface area contributed by atoms with E-state index in [4.69, 9.17) is 0 Å². The number of benzene rings is 1. The number of hydrogen-bond donors (Lipinski definition) is 1. The number of rotatable bonds is 5. The number of carbonyl (C=O) groups excluding carboxylic acids is 1. The van der Waals surface area contributed by atoms with Crippen LogP contribution in [0.3, 0.4) is 0 Å². The highest BCUT2D eigenvalue weighted by atomic mass is 16.2. The fraction of sp³-hybridized carbons (Fsp3) is 0.211. The normalized spacial score (nSPS) is 12.2. The second-order valence-corrected chi connectivity index (χ2v) is 6.42. The van der Waals surface area contributed by atoms with Crippen molar-refractivity contribution in [2.24, 2.45) is 0 Å². The molecule has 0 radical (unpaired) electrons. The maximum Gasteiger partial charge on any atom is 0.270 e. The summed E-state index contributed by atoms with van der Waals surface area (Å²) < 4.78 is 3.26. The van der Waals surface area contributed by atoms with Gasteiger partial charge in [-0.15, -0.1) is 0 Å². The van der Waals surface area contributed by atoms with Crippen LogP contribution in [-0.2, 0) is 6.54 Å². The predicted octanol–water partition coefficient (Wildman–Crippen LogP) is 2.11. The molecule has 1 atom stereocenters. The molecular formula is C19H19N7O. The van der Waals surface area contributed by atoms with E-state index >= 15 is 0 Å². The molecule has 0 unspecified atom stereocenters. The number of nitrogens with zero attached hydrogens (tertiary/aromatic N) is 6. The van der Waals surface area contributed by atoms with Crippen molar-refractivity contribution in [1.29, 1.82) is 0 Å². The van der Waals surface area contributed by atoms with Crippen molar-refractivity contribution in [2.75, 3.05) is 0 Å². The highest BCUT2D eigenvalue weighted by Gasteiger charge is 2.17. The van der Waals surface area contributed by atoms with Crippen LogP contribution in [0.25, 0.3) is 17.0 Å². The van der Waals surface area contributed by atoms with Crippen LogP contribution in [0, 0.1) is 6.92 Å². The van der Waals surface area contributed by atoms with Gasteiger partial charge in [-0.25, -0.2) is 4.98 Å². The van der Waals surface area contributed by atoms with Gasteiger partial charge in [0.1, 0.15) is 12.0 Å². The van der Waals surface area contributed by atoms with Gasteiger partial charge >= 0.3 is 0 Å². The van der Waals surface area contributed by atoms with Crippen molar-refractivity contribution in [2.45, 2.75) is 26.4 Å². The molecular weight excluding hydrogens is 342 g/mol. The largest absolute Gasteiger partial charge is 0.346 e. The number of fused-ring (bicyclic) bond motifs is 1. The van der Waals surface area contributed by atoms with E-state index in [-0.39, 0.29) is 11.9 Å². The first-order chi connectivity index (χ1) is 13.1. The minimum Gasteiger partial charge on any atom is -0.346 e. The molecule has 8 heteroatoms. The van der Waals surface area contributed by atoms with Crippen molar-refractivity contribution in [1.82, 2.24) is 34.7 Å². The summed E-state index contributed by atoms with van der Waals surface area (Å²) in [4.78, 5) is 21.5. The SMILES string of the molecule is Cc1ccn(C[C@H](C)NC(=O)c2cc(-c3ccccc3)nc3ncnn23)n1. The molecule has 0 bridgehead atoms. The molecule has 1 aromatic carbocycles. The van der Waals surface area contributed by atoms with Crippen LogP contribution in [0.4, 0.5) is 0 Å². The number of nitrogens with one attached hydrogen (secondary N) is 1. The Morgan fingerprint density at radius 1 is 1.22 bits per heavy atom. The van der Waals surface area contributed by atoms with E-state index in [0.717, 1.165) is 11.3 Å². The summed E-state index contributed by atoms with van der Waals surface area (Å²) in [5.41, 5.74) is 2.92. The first-order valence-electron chi connectivity index (χ1n) is 8.67. The van der Waals surface area contributed by atoms with Crippen LogP contribution < -0.4 is 5.32 Å². The standard InChI is InChI=1S/C19H19N7O/c1-13-8-9-25(24-13)11-14(2)22-18(27)17-10-16(15-6-4-3-5-7-15)23-19-20-12-21-26(17)19/h3-10,12,14H,11H2,1-2H3,(H,22,27)/t14-/m0/s1. The molecule has 3 aromatic heterocycles. The quantitative estimate of drug-likeness (QED) is 0.588. The molecule has 0 spiro atoms. The first kappa shape index (κ1) is 16.9. The monoisotopic (exact) mass is 361 g/mol. The highest BCUT2D eigenvalue weighted by Crippen LogP contribution is 2.18. The molecule has 0 aliphatic carbocycles.